The molecule has 0 aliphatic rings. The van der Waals surface area contributed by atoms with Crippen LogP contribution in [0.4, 0.5) is 4.39 Å². The lowest BCUT2D eigenvalue weighted by molar-refractivity contribution is -0.117. The van der Waals surface area contributed by atoms with Crippen LogP contribution >= 0.6 is 0 Å². The molecule has 3 nitrogen and oxygen atoms in total. The molecule has 0 aliphatic carbocycles. The summed E-state index contributed by atoms with van der Waals surface area (Å²) in [6.07, 6.45) is 2.24. The van der Waals surface area contributed by atoms with Gasteiger partial charge in [0.15, 0.2) is 0 Å². The number of aryl methyl sites for hydroxylation is 1. The van der Waals surface area contributed by atoms with E-state index in [4.69, 9.17) is 4.74 Å². The third-order valence-corrected chi connectivity index (χ3v) is 3.43. The zero-order chi connectivity index (χ0) is 15.4. The smallest absolute Gasteiger partial charge is 0.143 e. The summed E-state index contributed by atoms with van der Waals surface area (Å²) in [5.41, 5.74) is 3.37. The van der Waals surface area contributed by atoms with Crippen molar-refractivity contribution in [2.24, 2.45) is 0 Å². The number of hydrogen-bond acceptors (Lipinski definition) is 3. The number of methoxy groups -OCH3 is 1. The molecule has 0 saturated heterocycles. The first kappa shape index (κ1) is 15.2. The average Bonchev–Trinajstić information content (AvgIpc) is 2.45. The molecule has 1 aromatic carbocycles. The first-order valence-corrected chi connectivity index (χ1v) is 6.76. The summed E-state index contributed by atoms with van der Waals surface area (Å²) in [6, 6.07) is 5.98. The van der Waals surface area contributed by atoms with Crippen LogP contribution < -0.4 is 4.74 Å². The van der Waals surface area contributed by atoms with Crippen LogP contribution in [0.2, 0.25) is 0 Å². The molecule has 2 rings (SSSR count). The molecule has 0 bridgehead atoms. The van der Waals surface area contributed by atoms with Crippen molar-refractivity contribution in [3.8, 4) is 5.75 Å². The first-order valence-electron chi connectivity index (χ1n) is 6.76. The normalized spacial score (nSPS) is 10.5. The van der Waals surface area contributed by atoms with Crippen molar-refractivity contribution < 1.29 is 13.9 Å². The number of nitrogens with zero attached hydrogens (tertiary/aromatic N) is 1. The van der Waals surface area contributed by atoms with Gasteiger partial charge in [0.1, 0.15) is 17.3 Å². The molecule has 2 aromatic rings. The molecule has 0 radical (unpaired) electrons. The summed E-state index contributed by atoms with van der Waals surface area (Å²) in [6.45, 7) is 3.82. The molecule has 0 amide bonds. The van der Waals surface area contributed by atoms with Gasteiger partial charge < -0.3 is 4.74 Å². The van der Waals surface area contributed by atoms with Gasteiger partial charge in [0.2, 0.25) is 0 Å². The highest BCUT2D eigenvalue weighted by Crippen LogP contribution is 2.24. The third kappa shape index (κ3) is 3.66. The maximum absolute atomic E-state index is 12.8. The maximum Gasteiger partial charge on any atom is 0.143 e. The summed E-state index contributed by atoms with van der Waals surface area (Å²) >= 11 is 0. The Morgan fingerprint density at radius 1 is 1.19 bits per heavy atom. The second-order valence-corrected chi connectivity index (χ2v) is 5.06. The Bertz CT molecular complexity index is 651. The van der Waals surface area contributed by atoms with E-state index in [0.29, 0.717) is 0 Å². The Morgan fingerprint density at radius 3 is 2.48 bits per heavy atom. The lowest BCUT2D eigenvalue weighted by Gasteiger charge is -2.11. The minimum atomic E-state index is -0.299. The van der Waals surface area contributed by atoms with E-state index >= 15 is 0 Å². The number of carbonyl (C=O) groups is 1. The molecule has 0 aliphatic heterocycles. The number of halogens is 1. The monoisotopic (exact) mass is 287 g/mol. The largest absolute Gasteiger partial charge is 0.496 e. The van der Waals surface area contributed by atoms with Gasteiger partial charge in [-0.1, -0.05) is 12.1 Å². The molecule has 4 heteroatoms. The van der Waals surface area contributed by atoms with Gasteiger partial charge in [0.05, 0.1) is 12.8 Å². The summed E-state index contributed by atoms with van der Waals surface area (Å²) in [4.78, 5) is 16.5. The van der Waals surface area contributed by atoms with Crippen LogP contribution in [0, 0.1) is 19.7 Å². The van der Waals surface area contributed by atoms with Gasteiger partial charge in [0, 0.05) is 30.2 Å². The van der Waals surface area contributed by atoms with Crippen LogP contribution in [0.1, 0.15) is 22.4 Å². The Kier molecular flexibility index (Phi) is 4.68. The van der Waals surface area contributed by atoms with E-state index in [0.717, 1.165) is 28.1 Å². The van der Waals surface area contributed by atoms with Gasteiger partial charge in [-0.3, -0.25) is 9.78 Å². The second kappa shape index (κ2) is 6.48. The Hall–Kier alpha value is -2.23. The van der Waals surface area contributed by atoms with Gasteiger partial charge in [-0.05, 0) is 31.5 Å². The van der Waals surface area contributed by atoms with E-state index in [-0.39, 0.29) is 24.4 Å². The van der Waals surface area contributed by atoms with E-state index in [2.05, 4.69) is 4.98 Å². The Morgan fingerprint density at radius 2 is 1.86 bits per heavy atom. The molecular weight excluding hydrogens is 269 g/mol. The molecule has 0 fully saturated rings. The van der Waals surface area contributed by atoms with Crippen molar-refractivity contribution in [1.82, 2.24) is 4.98 Å². The van der Waals surface area contributed by atoms with Crippen LogP contribution in [-0.4, -0.2) is 17.9 Å². The molecule has 0 spiro atoms. The Labute approximate surface area is 123 Å². The van der Waals surface area contributed by atoms with Gasteiger partial charge >= 0.3 is 0 Å². The fourth-order valence-corrected chi connectivity index (χ4v) is 2.33. The zero-order valence-corrected chi connectivity index (χ0v) is 12.4. The van der Waals surface area contributed by atoms with Crippen molar-refractivity contribution in [2.75, 3.05) is 7.11 Å². The fraction of sp³-hybridized carbons (Fsp3) is 0.294. The van der Waals surface area contributed by atoms with Crippen LogP contribution in [0.5, 0.6) is 5.75 Å². The highest BCUT2D eigenvalue weighted by atomic mass is 19.1. The van der Waals surface area contributed by atoms with Crippen molar-refractivity contribution in [3.05, 3.63) is 58.7 Å². The number of carbonyl (C=O) groups excluding carboxylic acids is 1. The summed E-state index contributed by atoms with van der Waals surface area (Å²) in [5.74, 6) is 0.518. The van der Waals surface area contributed by atoms with Gasteiger partial charge in [0.25, 0.3) is 0 Å². The number of rotatable bonds is 5. The van der Waals surface area contributed by atoms with Crippen LogP contribution in [-0.2, 0) is 17.6 Å². The average molecular weight is 287 g/mol. The van der Waals surface area contributed by atoms with Gasteiger partial charge in [-0.25, -0.2) is 4.39 Å². The molecule has 110 valence electrons. The number of benzene rings is 1. The number of hydrogen-bond donors (Lipinski definition) is 0. The van der Waals surface area contributed by atoms with Crippen molar-refractivity contribution in [1.29, 1.82) is 0 Å². The fourth-order valence-electron chi connectivity index (χ4n) is 2.33. The summed E-state index contributed by atoms with van der Waals surface area (Å²) in [7, 11) is 1.61. The number of ketones is 1. The van der Waals surface area contributed by atoms with Crippen molar-refractivity contribution in [2.45, 2.75) is 26.7 Å². The van der Waals surface area contributed by atoms with Crippen LogP contribution in [0.25, 0.3) is 0 Å². The van der Waals surface area contributed by atoms with Crippen LogP contribution in [0.15, 0.2) is 30.5 Å². The summed E-state index contributed by atoms with van der Waals surface area (Å²) in [5, 5.41) is 0. The maximum atomic E-state index is 12.8. The van der Waals surface area contributed by atoms with E-state index in [1.54, 1.807) is 25.4 Å². The third-order valence-electron chi connectivity index (χ3n) is 3.43. The van der Waals surface area contributed by atoms with E-state index in [9.17, 15) is 9.18 Å². The number of ether oxygens (including phenoxy) is 1. The predicted molar refractivity (Wildman–Crippen MR) is 79.1 cm³/mol. The van der Waals surface area contributed by atoms with Gasteiger partial charge in [-0.2, -0.15) is 0 Å². The van der Waals surface area contributed by atoms with Gasteiger partial charge in [-0.15, -0.1) is 0 Å². The molecule has 0 unspecified atom stereocenters. The molecular formula is C17H18FNO2. The second-order valence-electron chi connectivity index (χ2n) is 5.06. The van der Waals surface area contributed by atoms with Crippen molar-refractivity contribution >= 4 is 5.78 Å². The SMILES string of the molecule is COc1c(C)cnc(CC(=O)Cc2ccc(F)cc2)c1C. The lowest BCUT2D eigenvalue weighted by Crippen LogP contribution is -2.10. The highest BCUT2D eigenvalue weighted by Gasteiger charge is 2.13. The predicted octanol–water partition coefficient (Wildman–Crippen LogP) is 3.20. The topological polar surface area (TPSA) is 39.2 Å². The molecule has 21 heavy (non-hydrogen) atoms. The highest BCUT2D eigenvalue weighted by molar-refractivity contribution is 5.83. The number of aromatic nitrogens is 1. The quantitative estimate of drug-likeness (QED) is 0.847. The molecule has 1 heterocycles. The molecule has 0 atom stereocenters. The zero-order valence-electron chi connectivity index (χ0n) is 12.4. The number of pyridine rings is 1. The van der Waals surface area contributed by atoms with Crippen LogP contribution in [0.3, 0.4) is 0 Å². The summed E-state index contributed by atoms with van der Waals surface area (Å²) < 4.78 is 18.2. The lowest BCUT2D eigenvalue weighted by atomic mass is 10.0. The van der Waals surface area contributed by atoms with E-state index in [1.165, 1.54) is 12.1 Å². The molecule has 1 aromatic heterocycles. The number of Topliss-reactive ketones (excluding diaryl/α,β-unsaturated/α-hetero) is 1. The van der Waals surface area contributed by atoms with E-state index in [1.807, 2.05) is 13.8 Å². The molecule has 0 saturated carbocycles. The first-order chi connectivity index (χ1) is 10.0. The molecule has 0 N–H and O–H groups in total. The minimum absolute atomic E-state index is 0.0446. The van der Waals surface area contributed by atoms with Crippen molar-refractivity contribution in [3.63, 3.8) is 0 Å². The minimum Gasteiger partial charge on any atom is -0.496 e. The van der Waals surface area contributed by atoms with E-state index < -0.39 is 0 Å². The Balaban J connectivity index is 2.11. The standard InChI is InChI=1S/C17H18FNO2/c1-11-10-19-16(12(2)17(11)21-3)9-15(20)8-13-4-6-14(18)7-5-13/h4-7,10H,8-9H2,1-3H3.